The standard InChI is InChI=1S/C29H36N6O6S/c1-18(2)16-42(39,40)32-14-23-33-27(30-13-21(19-9-5-3-6-10-19)20-11-7-4-8-12-20)24-28(34-23)35(17-31-24)29-26(38)25(37)22(15-36)41-29/h3-12,17-18,21-22,25-26,29,32,36-38H,13-16H2,1-2H3,(H,30,33,34)/t22-,25-,26+,29-/m1/s1. The van der Waals surface area contributed by atoms with Gasteiger partial charge in [-0.15, -0.1) is 0 Å². The minimum atomic E-state index is -3.58. The van der Waals surface area contributed by atoms with E-state index >= 15 is 0 Å². The monoisotopic (exact) mass is 596 g/mol. The van der Waals surface area contributed by atoms with Crippen LogP contribution in [0.3, 0.4) is 0 Å². The first kappa shape index (κ1) is 30.0. The van der Waals surface area contributed by atoms with E-state index in [1.807, 2.05) is 50.2 Å². The average Bonchev–Trinajstić information content (AvgIpc) is 3.52. The summed E-state index contributed by atoms with van der Waals surface area (Å²) in [6, 6.07) is 20.1. The van der Waals surface area contributed by atoms with Gasteiger partial charge >= 0.3 is 0 Å². The molecule has 1 aliphatic rings. The number of benzene rings is 2. The molecule has 2 aromatic carbocycles. The summed E-state index contributed by atoms with van der Waals surface area (Å²) in [5.74, 6) is 0.413. The summed E-state index contributed by atoms with van der Waals surface area (Å²) < 4.78 is 34.9. The molecule has 4 aromatic rings. The van der Waals surface area contributed by atoms with Crippen LogP contribution in [-0.4, -0.2) is 80.5 Å². The largest absolute Gasteiger partial charge is 0.394 e. The van der Waals surface area contributed by atoms with Gasteiger partial charge < -0.3 is 25.4 Å². The van der Waals surface area contributed by atoms with Crippen molar-refractivity contribution < 1.29 is 28.5 Å². The van der Waals surface area contributed by atoms with Crippen LogP contribution in [0, 0.1) is 5.92 Å². The fourth-order valence-electron chi connectivity index (χ4n) is 5.13. The number of ether oxygens (including phenoxy) is 1. The Morgan fingerprint density at radius 2 is 1.62 bits per heavy atom. The van der Waals surface area contributed by atoms with Gasteiger partial charge in [0.25, 0.3) is 0 Å². The summed E-state index contributed by atoms with van der Waals surface area (Å²) in [5.41, 5.74) is 2.85. The molecule has 0 aliphatic carbocycles. The van der Waals surface area contributed by atoms with Crippen molar-refractivity contribution in [3.63, 3.8) is 0 Å². The lowest BCUT2D eigenvalue weighted by atomic mass is 9.91. The van der Waals surface area contributed by atoms with Crippen LogP contribution in [0.2, 0.25) is 0 Å². The van der Waals surface area contributed by atoms with Crippen molar-refractivity contribution in [2.24, 2.45) is 5.92 Å². The summed E-state index contributed by atoms with van der Waals surface area (Å²) >= 11 is 0. The molecule has 3 heterocycles. The predicted molar refractivity (Wildman–Crippen MR) is 157 cm³/mol. The Kier molecular flexibility index (Phi) is 9.16. The molecule has 0 unspecified atom stereocenters. The Hall–Kier alpha value is -3.46. The molecular formula is C29H36N6O6S. The van der Waals surface area contributed by atoms with Crippen LogP contribution in [0.25, 0.3) is 11.2 Å². The number of hydrogen-bond acceptors (Lipinski definition) is 10. The molecule has 0 amide bonds. The van der Waals surface area contributed by atoms with Crippen molar-refractivity contribution in [1.29, 1.82) is 0 Å². The first-order valence-electron chi connectivity index (χ1n) is 13.8. The maximum Gasteiger partial charge on any atom is 0.212 e. The van der Waals surface area contributed by atoms with Gasteiger partial charge in [-0.05, 0) is 17.0 Å². The van der Waals surface area contributed by atoms with Gasteiger partial charge in [-0.2, -0.15) is 0 Å². The molecule has 5 N–H and O–H groups in total. The molecule has 42 heavy (non-hydrogen) atoms. The van der Waals surface area contributed by atoms with Crippen LogP contribution < -0.4 is 10.0 Å². The van der Waals surface area contributed by atoms with E-state index in [0.29, 0.717) is 17.9 Å². The molecule has 1 fully saturated rings. The zero-order valence-corrected chi connectivity index (χ0v) is 24.2. The molecule has 0 saturated carbocycles. The number of hydrogen-bond donors (Lipinski definition) is 5. The highest BCUT2D eigenvalue weighted by Gasteiger charge is 2.44. The Morgan fingerprint density at radius 1 is 0.976 bits per heavy atom. The van der Waals surface area contributed by atoms with E-state index in [-0.39, 0.29) is 35.6 Å². The van der Waals surface area contributed by atoms with Gasteiger partial charge in [0.1, 0.15) is 24.1 Å². The lowest BCUT2D eigenvalue weighted by Crippen LogP contribution is -2.33. The highest BCUT2D eigenvalue weighted by molar-refractivity contribution is 7.89. The SMILES string of the molecule is CC(C)CS(=O)(=O)NCc1nc(NCC(c2ccccc2)c2ccccc2)c2ncn([C@@H]3O[C@H](CO)[C@@H](O)[C@@H]3O)c2n1. The number of sulfonamides is 1. The summed E-state index contributed by atoms with van der Waals surface area (Å²) in [5, 5.41) is 34.0. The van der Waals surface area contributed by atoms with Crippen LogP contribution in [0.5, 0.6) is 0 Å². The van der Waals surface area contributed by atoms with Gasteiger partial charge in [-0.1, -0.05) is 74.5 Å². The number of aliphatic hydroxyl groups excluding tert-OH is 3. The minimum Gasteiger partial charge on any atom is -0.394 e. The highest BCUT2D eigenvalue weighted by atomic mass is 32.2. The fraction of sp³-hybridized carbons (Fsp3) is 0.414. The van der Waals surface area contributed by atoms with Gasteiger partial charge in [0.05, 0.1) is 25.2 Å². The van der Waals surface area contributed by atoms with E-state index in [1.54, 1.807) is 0 Å². The summed E-state index contributed by atoms with van der Waals surface area (Å²) in [6.07, 6.45) is -3.29. The summed E-state index contributed by atoms with van der Waals surface area (Å²) in [7, 11) is -3.58. The number of imidazole rings is 1. The molecule has 5 rings (SSSR count). The topological polar surface area (TPSA) is 172 Å². The number of nitrogens with zero attached hydrogens (tertiary/aromatic N) is 4. The molecule has 1 aliphatic heterocycles. The second-order valence-electron chi connectivity index (χ2n) is 10.8. The smallest absolute Gasteiger partial charge is 0.212 e. The van der Waals surface area contributed by atoms with Crippen molar-refractivity contribution in [1.82, 2.24) is 24.2 Å². The van der Waals surface area contributed by atoms with Crippen molar-refractivity contribution in [3.8, 4) is 0 Å². The third-order valence-corrected chi connectivity index (χ3v) is 8.83. The lowest BCUT2D eigenvalue weighted by Gasteiger charge is -2.20. The molecule has 13 heteroatoms. The van der Waals surface area contributed by atoms with Crippen molar-refractivity contribution in [2.45, 2.75) is 50.8 Å². The Morgan fingerprint density at radius 3 is 2.19 bits per heavy atom. The summed E-state index contributed by atoms with van der Waals surface area (Å²) in [4.78, 5) is 13.7. The Labute approximate surface area is 244 Å². The van der Waals surface area contributed by atoms with Gasteiger partial charge in [0, 0.05) is 12.5 Å². The molecule has 224 valence electrons. The number of aliphatic hydroxyl groups is 3. The number of rotatable bonds is 12. The van der Waals surface area contributed by atoms with E-state index in [0.717, 1.165) is 11.1 Å². The third kappa shape index (κ3) is 6.61. The second kappa shape index (κ2) is 12.8. The first-order valence-corrected chi connectivity index (χ1v) is 15.5. The van der Waals surface area contributed by atoms with E-state index in [2.05, 4.69) is 49.3 Å². The van der Waals surface area contributed by atoms with Crippen LogP contribution in [0.1, 0.15) is 42.9 Å². The Bertz CT molecular complexity index is 1540. The van der Waals surface area contributed by atoms with Crippen LogP contribution in [0.4, 0.5) is 5.82 Å². The molecule has 4 atom stereocenters. The van der Waals surface area contributed by atoms with Gasteiger partial charge in [-0.3, -0.25) is 4.57 Å². The van der Waals surface area contributed by atoms with E-state index in [1.165, 1.54) is 10.9 Å². The van der Waals surface area contributed by atoms with E-state index < -0.39 is 41.2 Å². The minimum absolute atomic E-state index is 0.0343. The maximum atomic E-state index is 12.6. The summed E-state index contributed by atoms with van der Waals surface area (Å²) in [6.45, 7) is 3.44. The third-order valence-electron chi connectivity index (χ3n) is 7.14. The number of nitrogens with one attached hydrogen (secondary N) is 2. The average molecular weight is 597 g/mol. The molecular weight excluding hydrogens is 560 g/mol. The molecule has 2 aromatic heterocycles. The van der Waals surface area contributed by atoms with Crippen molar-refractivity contribution in [3.05, 3.63) is 83.9 Å². The van der Waals surface area contributed by atoms with Crippen molar-refractivity contribution >= 4 is 27.0 Å². The zero-order valence-electron chi connectivity index (χ0n) is 23.4. The van der Waals surface area contributed by atoms with Crippen LogP contribution in [-0.2, 0) is 21.3 Å². The lowest BCUT2D eigenvalue weighted by molar-refractivity contribution is -0.0511. The molecule has 1 saturated heterocycles. The van der Waals surface area contributed by atoms with Crippen LogP contribution in [0.15, 0.2) is 67.0 Å². The van der Waals surface area contributed by atoms with Gasteiger partial charge in [-0.25, -0.2) is 28.1 Å². The second-order valence-corrected chi connectivity index (χ2v) is 12.6. The zero-order chi connectivity index (χ0) is 29.9. The molecule has 0 bridgehead atoms. The van der Waals surface area contributed by atoms with Gasteiger partial charge in [0.2, 0.25) is 10.0 Å². The predicted octanol–water partition coefficient (Wildman–Crippen LogP) is 1.76. The van der Waals surface area contributed by atoms with Gasteiger partial charge in [0.15, 0.2) is 23.2 Å². The maximum absolute atomic E-state index is 12.6. The highest BCUT2D eigenvalue weighted by Crippen LogP contribution is 2.33. The molecule has 12 nitrogen and oxygen atoms in total. The van der Waals surface area contributed by atoms with Crippen molar-refractivity contribution in [2.75, 3.05) is 24.2 Å². The fourth-order valence-corrected chi connectivity index (χ4v) is 6.47. The Balaban J connectivity index is 1.51. The van der Waals surface area contributed by atoms with E-state index in [9.17, 15) is 23.7 Å². The van der Waals surface area contributed by atoms with Crippen LogP contribution >= 0.6 is 0 Å². The normalized spacial score (nSPS) is 21.0. The molecule has 0 spiro atoms. The first-order chi connectivity index (χ1) is 20.2. The number of aromatic nitrogens is 4. The number of anilines is 1. The number of fused-ring (bicyclic) bond motifs is 1. The molecule has 0 radical (unpaired) electrons. The quantitative estimate of drug-likeness (QED) is 0.162. The van der Waals surface area contributed by atoms with E-state index in [4.69, 9.17) is 4.74 Å².